The van der Waals surface area contributed by atoms with E-state index in [1.807, 2.05) is 6.20 Å². The molecule has 4 nitrogen and oxygen atoms in total. The fourth-order valence-corrected chi connectivity index (χ4v) is 5.27. The Hall–Kier alpha value is -1.32. The molecule has 4 fully saturated rings. The standard InChI is InChI=1S/C16H22N2O2/c1-9(16(19)20)18-7-14(17-8-18)15-12-3-10-2-11(5-12)6-13(15)4-10/h7-13,15H,2-6H2,1H3,(H,19,20). The Bertz CT molecular complexity index is 508. The maximum absolute atomic E-state index is 11.1. The first-order chi connectivity index (χ1) is 9.61. The highest BCUT2D eigenvalue weighted by atomic mass is 16.4. The average molecular weight is 274 g/mol. The highest BCUT2D eigenvalue weighted by Crippen LogP contribution is 2.59. The smallest absolute Gasteiger partial charge is 0.326 e. The minimum Gasteiger partial charge on any atom is -0.480 e. The number of nitrogens with zero attached hydrogens (tertiary/aromatic N) is 2. The Kier molecular flexibility index (Phi) is 2.69. The molecule has 0 saturated heterocycles. The van der Waals surface area contributed by atoms with Gasteiger partial charge in [0, 0.05) is 12.1 Å². The lowest BCUT2D eigenvalue weighted by Crippen LogP contribution is -2.43. The second-order valence-corrected chi connectivity index (χ2v) is 7.22. The highest BCUT2D eigenvalue weighted by molar-refractivity contribution is 5.71. The van der Waals surface area contributed by atoms with Gasteiger partial charge >= 0.3 is 5.97 Å². The zero-order valence-corrected chi connectivity index (χ0v) is 11.9. The van der Waals surface area contributed by atoms with Gasteiger partial charge in [0.15, 0.2) is 0 Å². The topological polar surface area (TPSA) is 55.1 Å². The summed E-state index contributed by atoms with van der Waals surface area (Å²) in [6.45, 7) is 1.71. The van der Waals surface area contributed by atoms with Crippen LogP contribution >= 0.6 is 0 Å². The summed E-state index contributed by atoms with van der Waals surface area (Å²) in [5, 5.41) is 9.11. The van der Waals surface area contributed by atoms with Crippen LogP contribution < -0.4 is 0 Å². The first-order valence-electron chi connectivity index (χ1n) is 7.88. The third-order valence-corrected chi connectivity index (χ3v) is 5.99. The summed E-state index contributed by atoms with van der Waals surface area (Å²) in [6.07, 6.45) is 10.7. The van der Waals surface area contributed by atoms with Gasteiger partial charge in [0.05, 0.1) is 12.0 Å². The molecule has 4 heteroatoms. The molecule has 4 saturated carbocycles. The average Bonchev–Trinajstić information content (AvgIpc) is 2.85. The van der Waals surface area contributed by atoms with Crippen molar-refractivity contribution in [1.29, 1.82) is 0 Å². The van der Waals surface area contributed by atoms with E-state index in [4.69, 9.17) is 5.11 Å². The van der Waals surface area contributed by atoms with Crippen LogP contribution in [0.5, 0.6) is 0 Å². The van der Waals surface area contributed by atoms with Crippen molar-refractivity contribution in [3.63, 3.8) is 0 Å². The van der Waals surface area contributed by atoms with E-state index in [0.29, 0.717) is 5.92 Å². The fourth-order valence-electron chi connectivity index (χ4n) is 5.27. The van der Waals surface area contributed by atoms with Crippen LogP contribution in [-0.4, -0.2) is 20.6 Å². The number of rotatable bonds is 3. The summed E-state index contributed by atoms with van der Waals surface area (Å²) in [6, 6.07) is -0.520. The van der Waals surface area contributed by atoms with Crippen molar-refractivity contribution in [1.82, 2.24) is 9.55 Å². The molecule has 1 aromatic heterocycles. The molecule has 108 valence electrons. The summed E-state index contributed by atoms with van der Waals surface area (Å²) < 4.78 is 1.75. The molecule has 0 spiro atoms. The summed E-state index contributed by atoms with van der Waals surface area (Å²) in [5.41, 5.74) is 1.15. The van der Waals surface area contributed by atoms with Crippen molar-refractivity contribution >= 4 is 5.97 Å². The molecule has 5 rings (SSSR count). The molecule has 1 heterocycles. The van der Waals surface area contributed by atoms with Gasteiger partial charge < -0.3 is 9.67 Å². The molecule has 1 unspecified atom stereocenters. The summed E-state index contributed by atoms with van der Waals surface area (Å²) in [4.78, 5) is 15.6. The second-order valence-electron chi connectivity index (χ2n) is 7.22. The Balaban J connectivity index is 1.60. The monoisotopic (exact) mass is 274 g/mol. The Morgan fingerprint density at radius 2 is 1.85 bits per heavy atom. The van der Waals surface area contributed by atoms with Gasteiger partial charge in [0.1, 0.15) is 6.04 Å². The third-order valence-electron chi connectivity index (χ3n) is 5.99. The van der Waals surface area contributed by atoms with Crippen LogP contribution in [0.4, 0.5) is 0 Å². The van der Waals surface area contributed by atoms with Crippen molar-refractivity contribution in [3.8, 4) is 0 Å². The van der Waals surface area contributed by atoms with Crippen LogP contribution in [0.2, 0.25) is 0 Å². The lowest BCUT2D eigenvalue weighted by molar-refractivity contribution is -0.140. The van der Waals surface area contributed by atoms with Gasteiger partial charge in [-0.05, 0) is 62.7 Å². The van der Waals surface area contributed by atoms with Gasteiger partial charge in [0.25, 0.3) is 0 Å². The van der Waals surface area contributed by atoms with Gasteiger partial charge in [-0.3, -0.25) is 0 Å². The lowest BCUT2D eigenvalue weighted by Gasteiger charge is -2.54. The molecule has 1 N–H and O–H groups in total. The van der Waals surface area contributed by atoms with Crippen molar-refractivity contribution < 1.29 is 9.90 Å². The molecule has 0 amide bonds. The van der Waals surface area contributed by atoms with Gasteiger partial charge in [-0.2, -0.15) is 0 Å². The molecule has 4 aliphatic rings. The van der Waals surface area contributed by atoms with E-state index in [1.165, 1.54) is 32.1 Å². The van der Waals surface area contributed by atoms with E-state index >= 15 is 0 Å². The number of aromatic nitrogens is 2. The maximum Gasteiger partial charge on any atom is 0.326 e. The molecule has 1 atom stereocenters. The zero-order valence-electron chi connectivity index (χ0n) is 11.9. The van der Waals surface area contributed by atoms with E-state index in [0.717, 1.165) is 29.4 Å². The minimum absolute atomic E-state index is 0.520. The number of hydrogen-bond donors (Lipinski definition) is 1. The molecule has 1 aromatic rings. The van der Waals surface area contributed by atoms with Crippen molar-refractivity contribution in [2.75, 3.05) is 0 Å². The Morgan fingerprint density at radius 3 is 2.40 bits per heavy atom. The second kappa shape index (κ2) is 4.34. The van der Waals surface area contributed by atoms with E-state index in [1.54, 1.807) is 17.8 Å². The number of hydrogen-bond acceptors (Lipinski definition) is 2. The molecule has 20 heavy (non-hydrogen) atoms. The number of aliphatic carboxylic acids is 1. The molecular formula is C16H22N2O2. The molecule has 4 aliphatic carbocycles. The molecule has 0 aliphatic heterocycles. The first kappa shape index (κ1) is 12.4. The van der Waals surface area contributed by atoms with E-state index < -0.39 is 12.0 Å². The van der Waals surface area contributed by atoms with Crippen LogP contribution in [0.25, 0.3) is 0 Å². The number of carbonyl (C=O) groups is 1. The van der Waals surface area contributed by atoms with Crippen LogP contribution in [-0.2, 0) is 4.79 Å². The minimum atomic E-state index is -0.793. The van der Waals surface area contributed by atoms with Crippen molar-refractivity contribution in [2.24, 2.45) is 23.7 Å². The molecule has 0 aromatic carbocycles. The zero-order chi connectivity index (χ0) is 13.9. The van der Waals surface area contributed by atoms with Gasteiger partial charge in [-0.25, -0.2) is 9.78 Å². The van der Waals surface area contributed by atoms with Crippen LogP contribution in [0.3, 0.4) is 0 Å². The molecular weight excluding hydrogens is 252 g/mol. The van der Waals surface area contributed by atoms with Crippen LogP contribution in [0, 0.1) is 23.7 Å². The highest BCUT2D eigenvalue weighted by Gasteiger charge is 2.49. The number of carboxylic acid groups (broad SMARTS) is 1. The quantitative estimate of drug-likeness (QED) is 0.921. The van der Waals surface area contributed by atoms with Gasteiger partial charge in [-0.15, -0.1) is 0 Å². The van der Waals surface area contributed by atoms with Gasteiger partial charge in [0.2, 0.25) is 0 Å². The maximum atomic E-state index is 11.1. The van der Waals surface area contributed by atoms with Crippen molar-refractivity contribution in [2.45, 2.75) is 51.0 Å². The fraction of sp³-hybridized carbons (Fsp3) is 0.750. The van der Waals surface area contributed by atoms with Gasteiger partial charge in [-0.1, -0.05) is 0 Å². The normalized spacial score (nSPS) is 40.0. The number of imidazole rings is 1. The summed E-state index contributed by atoms with van der Waals surface area (Å²) >= 11 is 0. The first-order valence-corrected chi connectivity index (χ1v) is 7.88. The SMILES string of the molecule is CC(C(=O)O)n1cnc(C2C3CC4CC(C3)CC2C4)c1. The van der Waals surface area contributed by atoms with E-state index in [-0.39, 0.29) is 0 Å². The molecule has 4 bridgehead atoms. The largest absolute Gasteiger partial charge is 0.480 e. The Labute approximate surface area is 119 Å². The van der Waals surface area contributed by atoms with E-state index in [2.05, 4.69) is 4.98 Å². The van der Waals surface area contributed by atoms with Crippen LogP contribution in [0.15, 0.2) is 12.5 Å². The Morgan fingerprint density at radius 1 is 1.25 bits per heavy atom. The van der Waals surface area contributed by atoms with Crippen molar-refractivity contribution in [3.05, 3.63) is 18.2 Å². The summed E-state index contributed by atoms with van der Waals surface area (Å²) in [5.74, 6) is 3.33. The summed E-state index contributed by atoms with van der Waals surface area (Å²) in [7, 11) is 0. The lowest BCUT2D eigenvalue weighted by atomic mass is 9.51. The predicted molar refractivity (Wildman–Crippen MR) is 74.4 cm³/mol. The van der Waals surface area contributed by atoms with Crippen LogP contribution in [0.1, 0.15) is 56.7 Å². The molecule has 0 radical (unpaired) electrons. The van der Waals surface area contributed by atoms with E-state index in [9.17, 15) is 4.79 Å². The third kappa shape index (κ3) is 1.80. The number of carboxylic acids is 1. The predicted octanol–water partition coefficient (Wildman–Crippen LogP) is 3.07.